The molecule has 3 nitrogen and oxygen atoms in total. The number of hydrogen-bond acceptors (Lipinski definition) is 2. The van der Waals surface area contributed by atoms with E-state index < -0.39 is 0 Å². The molecule has 0 unspecified atom stereocenters. The molecule has 0 atom stereocenters. The van der Waals surface area contributed by atoms with Gasteiger partial charge in [0.15, 0.2) is 0 Å². The van der Waals surface area contributed by atoms with Crippen molar-refractivity contribution in [2.75, 3.05) is 33.2 Å². The fourth-order valence-electron chi connectivity index (χ4n) is 2.45. The Morgan fingerprint density at radius 2 is 1.64 bits per heavy atom. The molecule has 0 bridgehead atoms. The maximum atomic E-state index is 12.0. The monoisotopic (exact) mass is 196 g/mol. The van der Waals surface area contributed by atoms with E-state index in [0.29, 0.717) is 11.8 Å². The second-order valence-corrected chi connectivity index (χ2v) is 4.61. The van der Waals surface area contributed by atoms with E-state index >= 15 is 0 Å². The first-order valence-electron chi connectivity index (χ1n) is 5.75. The van der Waals surface area contributed by atoms with Crippen LogP contribution in [-0.2, 0) is 4.79 Å². The number of rotatable bonds is 1. The van der Waals surface area contributed by atoms with Crippen LogP contribution < -0.4 is 0 Å². The molecular formula is C11H20N2O. The summed E-state index contributed by atoms with van der Waals surface area (Å²) < 4.78 is 0. The van der Waals surface area contributed by atoms with E-state index in [1.165, 1.54) is 12.8 Å². The Balaban J connectivity index is 1.85. The SMILES string of the molecule is CN1CCC(C(=O)N2CCCC2)CC1. The zero-order valence-corrected chi connectivity index (χ0v) is 9.04. The van der Waals surface area contributed by atoms with Crippen molar-refractivity contribution in [3.05, 3.63) is 0 Å². The van der Waals surface area contributed by atoms with Gasteiger partial charge in [-0.2, -0.15) is 0 Å². The highest BCUT2D eigenvalue weighted by Gasteiger charge is 2.28. The predicted octanol–water partition coefficient (Wildman–Crippen LogP) is 0.951. The van der Waals surface area contributed by atoms with Gasteiger partial charge in [-0.3, -0.25) is 4.79 Å². The molecule has 2 heterocycles. The third-order valence-corrected chi connectivity index (χ3v) is 3.49. The minimum atomic E-state index is 0.323. The third kappa shape index (κ3) is 2.08. The number of carbonyl (C=O) groups is 1. The van der Waals surface area contributed by atoms with Crippen molar-refractivity contribution >= 4 is 5.91 Å². The van der Waals surface area contributed by atoms with Gasteiger partial charge >= 0.3 is 0 Å². The number of hydrogen-bond donors (Lipinski definition) is 0. The van der Waals surface area contributed by atoms with E-state index in [1.54, 1.807) is 0 Å². The van der Waals surface area contributed by atoms with Crippen LogP contribution in [0.1, 0.15) is 25.7 Å². The number of nitrogens with zero attached hydrogens (tertiary/aromatic N) is 2. The molecule has 2 fully saturated rings. The highest BCUT2D eigenvalue weighted by Crippen LogP contribution is 2.20. The molecular weight excluding hydrogens is 176 g/mol. The lowest BCUT2D eigenvalue weighted by Gasteiger charge is -2.30. The van der Waals surface area contributed by atoms with Gasteiger partial charge in [0.2, 0.25) is 5.91 Å². The minimum absolute atomic E-state index is 0.323. The second-order valence-electron chi connectivity index (χ2n) is 4.61. The summed E-state index contributed by atoms with van der Waals surface area (Å²) in [4.78, 5) is 16.4. The average Bonchev–Trinajstić information content (AvgIpc) is 2.71. The molecule has 1 amide bonds. The lowest BCUT2D eigenvalue weighted by Crippen LogP contribution is -2.40. The molecule has 0 N–H and O–H groups in total. The van der Waals surface area contributed by atoms with E-state index in [4.69, 9.17) is 0 Å². The molecule has 0 aromatic rings. The summed E-state index contributed by atoms with van der Waals surface area (Å²) in [6, 6.07) is 0. The van der Waals surface area contributed by atoms with E-state index in [2.05, 4.69) is 16.8 Å². The van der Waals surface area contributed by atoms with Gasteiger partial charge in [0.25, 0.3) is 0 Å². The van der Waals surface area contributed by atoms with Crippen LogP contribution in [0.15, 0.2) is 0 Å². The van der Waals surface area contributed by atoms with Gasteiger partial charge in [-0.1, -0.05) is 0 Å². The number of amides is 1. The van der Waals surface area contributed by atoms with Gasteiger partial charge in [-0.05, 0) is 45.8 Å². The predicted molar refractivity (Wildman–Crippen MR) is 56.0 cm³/mol. The molecule has 0 aromatic heterocycles. The maximum absolute atomic E-state index is 12.0. The minimum Gasteiger partial charge on any atom is -0.342 e. The first kappa shape index (κ1) is 9.97. The van der Waals surface area contributed by atoms with Crippen molar-refractivity contribution in [3.8, 4) is 0 Å². The van der Waals surface area contributed by atoms with Gasteiger partial charge in [0.1, 0.15) is 0 Å². The fraction of sp³-hybridized carbons (Fsp3) is 0.909. The molecule has 0 aromatic carbocycles. The van der Waals surface area contributed by atoms with E-state index in [0.717, 1.165) is 39.0 Å². The van der Waals surface area contributed by atoms with Crippen LogP contribution in [0.5, 0.6) is 0 Å². The Hall–Kier alpha value is -0.570. The van der Waals surface area contributed by atoms with Crippen LogP contribution in [0.25, 0.3) is 0 Å². The molecule has 0 saturated carbocycles. The third-order valence-electron chi connectivity index (χ3n) is 3.49. The Kier molecular flexibility index (Phi) is 3.06. The molecule has 2 rings (SSSR count). The molecule has 0 aliphatic carbocycles. The van der Waals surface area contributed by atoms with Gasteiger partial charge in [-0.25, -0.2) is 0 Å². The van der Waals surface area contributed by atoms with Crippen molar-refractivity contribution in [2.24, 2.45) is 5.92 Å². The molecule has 0 radical (unpaired) electrons. The van der Waals surface area contributed by atoms with Crippen molar-refractivity contribution < 1.29 is 4.79 Å². The molecule has 2 aliphatic rings. The summed E-state index contributed by atoms with van der Waals surface area (Å²) in [7, 11) is 2.14. The van der Waals surface area contributed by atoms with Gasteiger partial charge < -0.3 is 9.80 Å². The average molecular weight is 196 g/mol. The molecule has 2 saturated heterocycles. The number of piperidine rings is 1. The highest BCUT2D eigenvalue weighted by molar-refractivity contribution is 5.79. The molecule has 2 aliphatic heterocycles. The Labute approximate surface area is 86.1 Å². The largest absolute Gasteiger partial charge is 0.342 e. The lowest BCUT2D eigenvalue weighted by atomic mass is 9.96. The van der Waals surface area contributed by atoms with Crippen molar-refractivity contribution in [3.63, 3.8) is 0 Å². The second kappa shape index (κ2) is 4.30. The number of likely N-dealkylation sites (tertiary alicyclic amines) is 2. The van der Waals surface area contributed by atoms with Crippen LogP contribution >= 0.6 is 0 Å². The summed E-state index contributed by atoms with van der Waals surface area (Å²) in [5, 5.41) is 0. The Morgan fingerprint density at radius 3 is 2.21 bits per heavy atom. The van der Waals surface area contributed by atoms with E-state index in [9.17, 15) is 4.79 Å². The molecule has 14 heavy (non-hydrogen) atoms. The lowest BCUT2D eigenvalue weighted by molar-refractivity contribution is -0.135. The maximum Gasteiger partial charge on any atom is 0.225 e. The first-order valence-corrected chi connectivity index (χ1v) is 5.75. The van der Waals surface area contributed by atoms with Crippen molar-refractivity contribution in [1.29, 1.82) is 0 Å². The fourth-order valence-corrected chi connectivity index (χ4v) is 2.45. The summed E-state index contributed by atoms with van der Waals surface area (Å²) in [5.41, 5.74) is 0. The van der Waals surface area contributed by atoms with Crippen LogP contribution in [-0.4, -0.2) is 48.9 Å². The summed E-state index contributed by atoms with van der Waals surface area (Å²) in [6.07, 6.45) is 4.54. The van der Waals surface area contributed by atoms with Gasteiger partial charge in [-0.15, -0.1) is 0 Å². The summed E-state index contributed by atoms with van der Waals surface area (Å²) in [5.74, 6) is 0.750. The Bertz CT molecular complexity index is 203. The van der Waals surface area contributed by atoms with Crippen LogP contribution in [0.3, 0.4) is 0 Å². The quantitative estimate of drug-likeness (QED) is 0.623. The van der Waals surface area contributed by atoms with Crippen LogP contribution in [0.2, 0.25) is 0 Å². The Morgan fingerprint density at radius 1 is 1.07 bits per heavy atom. The zero-order valence-electron chi connectivity index (χ0n) is 9.04. The topological polar surface area (TPSA) is 23.6 Å². The van der Waals surface area contributed by atoms with E-state index in [-0.39, 0.29) is 0 Å². The normalized spacial score (nSPS) is 25.6. The molecule has 0 spiro atoms. The first-order chi connectivity index (χ1) is 6.77. The van der Waals surface area contributed by atoms with Gasteiger partial charge in [0.05, 0.1) is 0 Å². The van der Waals surface area contributed by atoms with Crippen molar-refractivity contribution in [2.45, 2.75) is 25.7 Å². The smallest absolute Gasteiger partial charge is 0.225 e. The summed E-state index contributed by atoms with van der Waals surface area (Å²) in [6.45, 7) is 4.19. The summed E-state index contributed by atoms with van der Waals surface area (Å²) >= 11 is 0. The van der Waals surface area contributed by atoms with Crippen LogP contribution in [0.4, 0.5) is 0 Å². The van der Waals surface area contributed by atoms with Gasteiger partial charge in [0, 0.05) is 19.0 Å². The highest BCUT2D eigenvalue weighted by atomic mass is 16.2. The van der Waals surface area contributed by atoms with Crippen molar-refractivity contribution in [1.82, 2.24) is 9.80 Å². The zero-order chi connectivity index (χ0) is 9.97. The number of carbonyl (C=O) groups excluding carboxylic acids is 1. The molecule has 80 valence electrons. The standard InChI is InChI=1S/C11H20N2O/c1-12-8-4-10(5-9-12)11(14)13-6-2-3-7-13/h10H,2-9H2,1H3. The van der Waals surface area contributed by atoms with E-state index in [1.807, 2.05) is 0 Å². The van der Waals surface area contributed by atoms with Crippen LogP contribution in [0, 0.1) is 5.92 Å². The molecule has 3 heteroatoms.